The van der Waals surface area contributed by atoms with Crippen molar-refractivity contribution in [3.8, 4) is 0 Å². The zero-order valence-electron chi connectivity index (χ0n) is 10.9. The molecule has 0 saturated heterocycles. The second-order valence-corrected chi connectivity index (χ2v) is 4.66. The highest BCUT2D eigenvalue weighted by atomic mass is 16.2. The summed E-state index contributed by atoms with van der Waals surface area (Å²) in [5, 5.41) is 2.98. The maximum atomic E-state index is 11.7. The topological polar surface area (TPSA) is 60.0 Å². The van der Waals surface area contributed by atoms with E-state index >= 15 is 0 Å². The Bertz CT molecular complexity index is 357. The largest absolute Gasteiger partial charge is 0.352 e. The van der Waals surface area contributed by atoms with Crippen LogP contribution in [0.2, 0.25) is 0 Å². The lowest BCUT2D eigenvalue weighted by Gasteiger charge is -2.13. The molecule has 0 aliphatic rings. The molecule has 0 bridgehead atoms. The molecule has 0 aromatic carbocycles. The van der Waals surface area contributed by atoms with Crippen LogP contribution in [0, 0.1) is 0 Å². The molecule has 1 aromatic heterocycles. The number of hydrogen-bond donors (Lipinski definition) is 2. The van der Waals surface area contributed by atoms with Crippen molar-refractivity contribution < 1.29 is 4.79 Å². The van der Waals surface area contributed by atoms with E-state index in [0.29, 0.717) is 6.54 Å². The normalized spacial score (nSPS) is 14.4. The third-order valence-corrected chi connectivity index (χ3v) is 2.75. The highest BCUT2D eigenvalue weighted by molar-refractivity contribution is 5.76. The number of carbonyl (C=O) groups is 1. The fourth-order valence-electron chi connectivity index (χ4n) is 1.82. The minimum Gasteiger partial charge on any atom is -0.352 e. The van der Waals surface area contributed by atoms with E-state index in [1.54, 1.807) is 0 Å². The van der Waals surface area contributed by atoms with E-state index in [4.69, 9.17) is 5.73 Å². The average molecular weight is 237 g/mol. The van der Waals surface area contributed by atoms with Gasteiger partial charge in [0.05, 0.1) is 0 Å². The van der Waals surface area contributed by atoms with Gasteiger partial charge >= 0.3 is 0 Å². The van der Waals surface area contributed by atoms with Crippen LogP contribution >= 0.6 is 0 Å². The summed E-state index contributed by atoms with van der Waals surface area (Å²) in [5.74, 6) is 0.0535. The van der Waals surface area contributed by atoms with Gasteiger partial charge in [-0.25, -0.2) is 0 Å². The predicted octanol–water partition coefficient (Wildman–Crippen LogP) is 1.81. The number of hydrogen-bond acceptors (Lipinski definition) is 2. The Balaban J connectivity index is 2.44. The van der Waals surface area contributed by atoms with Gasteiger partial charge in [-0.1, -0.05) is 13.3 Å². The maximum Gasteiger partial charge on any atom is 0.240 e. The molecule has 2 unspecified atom stereocenters. The van der Waals surface area contributed by atoms with Gasteiger partial charge in [-0.3, -0.25) is 4.79 Å². The Morgan fingerprint density at radius 3 is 2.76 bits per heavy atom. The first-order valence-electron chi connectivity index (χ1n) is 6.23. The molecule has 4 nitrogen and oxygen atoms in total. The Kier molecular flexibility index (Phi) is 5.22. The van der Waals surface area contributed by atoms with Gasteiger partial charge < -0.3 is 15.6 Å². The first-order valence-corrected chi connectivity index (χ1v) is 6.23. The molecular formula is C13H23N3O. The second kappa shape index (κ2) is 6.45. The molecule has 0 aliphatic carbocycles. The molecule has 1 heterocycles. The van der Waals surface area contributed by atoms with Gasteiger partial charge in [0.2, 0.25) is 5.91 Å². The summed E-state index contributed by atoms with van der Waals surface area (Å²) in [7, 11) is 0. The van der Waals surface area contributed by atoms with Gasteiger partial charge in [0.25, 0.3) is 0 Å². The van der Waals surface area contributed by atoms with Crippen molar-refractivity contribution in [2.24, 2.45) is 5.73 Å². The standard InChI is InChI=1S/C13H23N3O/c1-4-5-10(2)15-13(17)9-16-7-6-12(8-16)11(3)14/h6-8,10-11H,4-5,9,14H2,1-3H3,(H,15,17). The summed E-state index contributed by atoms with van der Waals surface area (Å²) < 4.78 is 1.87. The van der Waals surface area contributed by atoms with Crippen LogP contribution in [0.5, 0.6) is 0 Å². The third kappa shape index (κ3) is 4.61. The van der Waals surface area contributed by atoms with Gasteiger partial charge in [-0.2, -0.15) is 0 Å². The van der Waals surface area contributed by atoms with Crippen molar-refractivity contribution >= 4 is 5.91 Å². The van der Waals surface area contributed by atoms with Crippen molar-refractivity contribution in [1.29, 1.82) is 0 Å². The summed E-state index contributed by atoms with van der Waals surface area (Å²) in [6, 6.07) is 2.21. The molecule has 1 amide bonds. The molecule has 96 valence electrons. The molecule has 2 atom stereocenters. The van der Waals surface area contributed by atoms with Crippen molar-refractivity contribution in [3.63, 3.8) is 0 Å². The number of nitrogens with one attached hydrogen (secondary N) is 1. The van der Waals surface area contributed by atoms with Crippen LogP contribution in [-0.4, -0.2) is 16.5 Å². The zero-order valence-corrected chi connectivity index (χ0v) is 10.9. The lowest BCUT2D eigenvalue weighted by molar-refractivity contribution is -0.122. The maximum absolute atomic E-state index is 11.7. The number of carbonyl (C=O) groups excluding carboxylic acids is 1. The molecule has 3 N–H and O–H groups in total. The molecule has 0 fully saturated rings. The predicted molar refractivity (Wildman–Crippen MR) is 69.5 cm³/mol. The van der Waals surface area contributed by atoms with Gasteiger partial charge in [0, 0.05) is 24.5 Å². The summed E-state index contributed by atoms with van der Waals surface area (Å²) >= 11 is 0. The minimum atomic E-state index is 0.0123. The monoisotopic (exact) mass is 237 g/mol. The van der Waals surface area contributed by atoms with Crippen LogP contribution in [-0.2, 0) is 11.3 Å². The molecule has 4 heteroatoms. The lowest BCUT2D eigenvalue weighted by Crippen LogP contribution is -2.34. The van der Waals surface area contributed by atoms with E-state index in [0.717, 1.165) is 18.4 Å². The fourth-order valence-corrected chi connectivity index (χ4v) is 1.82. The van der Waals surface area contributed by atoms with E-state index in [2.05, 4.69) is 12.2 Å². The lowest BCUT2D eigenvalue weighted by atomic mass is 10.2. The van der Waals surface area contributed by atoms with E-state index in [1.165, 1.54) is 0 Å². The quantitative estimate of drug-likeness (QED) is 0.792. The van der Waals surface area contributed by atoms with E-state index in [1.807, 2.05) is 36.9 Å². The minimum absolute atomic E-state index is 0.0123. The van der Waals surface area contributed by atoms with Crippen LogP contribution in [0.15, 0.2) is 18.5 Å². The van der Waals surface area contributed by atoms with Crippen LogP contribution < -0.4 is 11.1 Å². The molecule has 0 spiro atoms. The summed E-state index contributed by atoms with van der Waals surface area (Å²) in [6.45, 7) is 6.44. The van der Waals surface area contributed by atoms with E-state index in [9.17, 15) is 4.79 Å². The molecular weight excluding hydrogens is 214 g/mol. The number of nitrogens with two attached hydrogens (primary N) is 1. The van der Waals surface area contributed by atoms with E-state index < -0.39 is 0 Å². The number of amides is 1. The molecule has 0 radical (unpaired) electrons. The van der Waals surface area contributed by atoms with Crippen molar-refractivity contribution in [2.45, 2.75) is 52.2 Å². The summed E-state index contributed by atoms with van der Waals surface area (Å²) in [5.41, 5.74) is 6.82. The first kappa shape index (κ1) is 13.8. The summed E-state index contributed by atoms with van der Waals surface area (Å²) in [4.78, 5) is 11.7. The number of nitrogens with zero attached hydrogens (tertiary/aromatic N) is 1. The van der Waals surface area contributed by atoms with Gasteiger partial charge in [0.15, 0.2) is 0 Å². The van der Waals surface area contributed by atoms with Crippen molar-refractivity contribution in [3.05, 3.63) is 24.0 Å². The van der Waals surface area contributed by atoms with Crippen LogP contribution in [0.4, 0.5) is 0 Å². The third-order valence-electron chi connectivity index (χ3n) is 2.75. The highest BCUT2D eigenvalue weighted by Gasteiger charge is 2.08. The van der Waals surface area contributed by atoms with Crippen LogP contribution in [0.25, 0.3) is 0 Å². The number of rotatable bonds is 6. The smallest absolute Gasteiger partial charge is 0.240 e. The molecule has 1 aromatic rings. The second-order valence-electron chi connectivity index (χ2n) is 4.66. The molecule has 1 rings (SSSR count). The summed E-state index contributed by atoms with van der Waals surface area (Å²) in [6.07, 6.45) is 5.92. The Morgan fingerprint density at radius 2 is 2.24 bits per heavy atom. The van der Waals surface area contributed by atoms with Crippen molar-refractivity contribution in [2.75, 3.05) is 0 Å². The SMILES string of the molecule is CCCC(C)NC(=O)Cn1ccc(C(C)N)c1. The first-order chi connectivity index (χ1) is 8.02. The molecule has 17 heavy (non-hydrogen) atoms. The Labute approximate surface area is 103 Å². The van der Waals surface area contributed by atoms with Gasteiger partial charge in [-0.15, -0.1) is 0 Å². The average Bonchev–Trinajstić information content (AvgIpc) is 2.66. The fraction of sp³-hybridized carbons (Fsp3) is 0.615. The van der Waals surface area contributed by atoms with Crippen LogP contribution in [0.3, 0.4) is 0 Å². The highest BCUT2D eigenvalue weighted by Crippen LogP contribution is 2.09. The zero-order chi connectivity index (χ0) is 12.8. The number of aromatic nitrogens is 1. The Morgan fingerprint density at radius 1 is 1.53 bits per heavy atom. The van der Waals surface area contributed by atoms with Crippen LogP contribution in [0.1, 0.15) is 45.2 Å². The van der Waals surface area contributed by atoms with Gasteiger partial charge in [0.1, 0.15) is 6.54 Å². The van der Waals surface area contributed by atoms with E-state index in [-0.39, 0.29) is 18.0 Å². The van der Waals surface area contributed by atoms with Crippen molar-refractivity contribution in [1.82, 2.24) is 9.88 Å². The molecule has 0 saturated carbocycles. The van der Waals surface area contributed by atoms with Gasteiger partial charge in [-0.05, 0) is 31.9 Å². The molecule has 0 aliphatic heterocycles. The Hall–Kier alpha value is -1.29.